The van der Waals surface area contributed by atoms with Crippen LogP contribution in [-0.4, -0.2) is 11.0 Å². The maximum atomic E-state index is 12.4. The molecule has 2 aromatic carbocycles. The lowest BCUT2D eigenvalue weighted by Crippen LogP contribution is -2.31. The van der Waals surface area contributed by atoms with E-state index in [1.807, 2.05) is 44.2 Å². The van der Waals surface area contributed by atoms with Gasteiger partial charge in [0.15, 0.2) is 5.75 Å². The van der Waals surface area contributed by atoms with E-state index in [1.165, 1.54) is 0 Å². The summed E-state index contributed by atoms with van der Waals surface area (Å²) in [5.41, 5.74) is 7.05. The molecule has 0 heterocycles. The van der Waals surface area contributed by atoms with Crippen LogP contribution in [0.2, 0.25) is 0 Å². The molecule has 1 amide bonds. The fourth-order valence-electron chi connectivity index (χ4n) is 2.26. The third-order valence-electron chi connectivity index (χ3n) is 3.42. The number of rotatable bonds is 4. The first-order valence-corrected chi connectivity index (χ1v) is 6.94. The van der Waals surface area contributed by atoms with Gasteiger partial charge in [0.2, 0.25) is 0 Å². The summed E-state index contributed by atoms with van der Waals surface area (Å²) >= 11 is 0. The molecule has 21 heavy (non-hydrogen) atoms. The van der Waals surface area contributed by atoms with Crippen molar-refractivity contribution in [1.82, 2.24) is 5.32 Å². The van der Waals surface area contributed by atoms with Gasteiger partial charge in [0.25, 0.3) is 5.91 Å². The van der Waals surface area contributed by atoms with Crippen LogP contribution >= 0.6 is 0 Å². The number of anilines is 1. The van der Waals surface area contributed by atoms with Gasteiger partial charge in [-0.1, -0.05) is 50.2 Å². The molecule has 0 saturated carbocycles. The summed E-state index contributed by atoms with van der Waals surface area (Å²) in [5.74, 6) is -0.285. The number of carbonyl (C=O) groups is 1. The highest BCUT2D eigenvalue weighted by Crippen LogP contribution is 2.26. The van der Waals surface area contributed by atoms with Gasteiger partial charge in [0.05, 0.1) is 17.3 Å². The molecule has 4 heteroatoms. The molecule has 0 aliphatic heterocycles. The van der Waals surface area contributed by atoms with Crippen molar-refractivity contribution in [2.75, 3.05) is 5.73 Å². The first-order chi connectivity index (χ1) is 10.0. The predicted octanol–water partition coefficient (Wildman–Crippen LogP) is 3.10. The zero-order chi connectivity index (χ0) is 15.4. The van der Waals surface area contributed by atoms with Crippen molar-refractivity contribution in [3.05, 3.63) is 59.7 Å². The van der Waals surface area contributed by atoms with E-state index in [0.29, 0.717) is 0 Å². The van der Waals surface area contributed by atoms with E-state index >= 15 is 0 Å². The van der Waals surface area contributed by atoms with Crippen LogP contribution in [0.25, 0.3) is 0 Å². The minimum atomic E-state index is -0.331. The van der Waals surface area contributed by atoms with Crippen LogP contribution in [0.1, 0.15) is 35.8 Å². The third-order valence-corrected chi connectivity index (χ3v) is 3.42. The molecular weight excluding hydrogens is 264 g/mol. The van der Waals surface area contributed by atoms with E-state index in [2.05, 4.69) is 5.32 Å². The summed E-state index contributed by atoms with van der Waals surface area (Å²) in [5, 5.41) is 12.9. The van der Waals surface area contributed by atoms with Crippen LogP contribution < -0.4 is 11.1 Å². The van der Waals surface area contributed by atoms with Crippen molar-refractivity contribution < 1.29 is 9.90 Å². The van der Waals surface area contributed by atoms with Crippen molar-refractivity contribution in [3.8, 4) is 5.75 Å². The lowest BCUT2D eigenvalue weighted by Gasteiger charge is -2.23. The number of nitrogens with two attached hydrogens (primary N) is 1. The SMILES string of the molecule is CC(C)C(NC(=O)c1cccc(N)c1O)c1ccccc1. The highest BCUT2D eigenvalue weighted by Gasteiger charge is 2.21. The average molecular weight is 284 g/mol. The quantitative estimate of drug-likeness (QED) is 0.596. The highest BCUT2D eigenvalue weighted by atomic mass is 16.3. The summed E-state index contributed by atoms with van der Waals surface area (Å²) < 4.78 is 0. The lowest BCUT2D eigenvalue weighted by molar-refractivity contribution is 0.0923. The summed E-state index contributed by atoms with van der Waals surface area (Å²) in [6, 6.07) is 14.4. The number of phenols is 1. The zero-order valence-electron chi connectivity index (χ0n) is 12.2. The number of nitrogens with one attached hydrogen (secondary N) is 1. The van der Waals surface area contributed by atoms with Crippen molar-refractivity contribution >= 4 is 11.6 Å². The minimum absolute atomic E-state index is 0.125. The molecule has 1 unspecified atom stereocenters. The minimum Gasteiger partial charge on any atom is -0.505 e. The number of benzene rings is 2. The molecule has 4 nitrogen and oxygen atoms in total. The smallest absolute Gasteiger partial charge is 0.255 e. The molecule has 0 saturated heterocycles. The number of nitrogen functional groups attached to an aromatic ring is 1. The normalized spacial score (nSPS) is 12.1. The zero-order valence-corrected chi connectivity index (χ0v) is 12.2. The first kappa shape index (κ1) is 14.9. The Morgan fingerprint density at radius 1 is 1.10 bits per heavy atom. The van der Waals surface area contributed by atoms with Crippen molar-refractivity contribution in [3.63, 3.8) is 0 Å². The van der Waals surface area contributed by atoms with E-state index in [-0.39, 0.29) is 34.9 Å². The van der Waals surface area contributed by atoms with E-state index in [9.17, 15) is 9.90 Å². The van der Waals surface area contributed by atoms with Crippen molar-refractivity contribution in [2.24, 2.45) is 5.92 Å². The van der Waals surface area contributed by atoms with E-state index in [4.69, 9.17) is 5.73 Å². The molecule has 0 fully saturated rings. The second kappa shape index (κ2) is 6.31. The molecule has 0 radical (unpaired) electrons. The Bertz CT molecular complexity index is 624. The molecule has 4 N–H and O–H groups in total. The Kier molecular flexibility index (Phi) is 4.48. The summed E-state index contributed by atoms with van der Waals surface area (Å²) in [6.45, 7) is 4.08. The Labute approximate surface area is 124 Å². The second-order valence-corrected chi connectivity index (χ2v) is 5.35. The van der Waals surface area contributed by atoms with Gasteiger partial charge in [0, 0.05) is 0 Å². The van der Waals surface area contributed by atoms with Gasteiger partial charge < -0.3 is 16.2 Å². The standard InChI is InChI=1S/C17H20N2O2/c1-11(2)15(12-7-4-3-5-8-12)19-17(21)13-9-6-10-14(18)16(13)20/h3-11,15,20H,18H2,1-2H3,(H,19,21). The molecule has 0 aliphatic rings. The average Bonchev–Trinajstić information content (AvgIpc) is 2.48. The van der Waals surface area contributed by atoms with E-state index < -0.39 is 0 Å². The molecule has 2 aromatic rings. The number of para-hydroxylation sites is 1. The van der Waals surface area contributed by atoms with Gasteiger partial charge in [-0.25, -0.2) is 0 Å². The lowest BCUT2D eigenvalue weighted by atomic mass is 9.95. The third kappa shape index (κ3) is 3.34. The highest BCUT2D eigenvalue weighted by molar-refractivity contribution is 5.98. The van der Waals surface area contributed by atoms with Gasteiger partial charge in [-0.3, -0.25) is 4.79 Å². The molecule has 110 valence electrons. The number of amides is 1. The van der Waals surface area contributed by atoms with Gasteiger partial charge >= 0.3 is 0 Å². The summed E-state index contributed by atoms with van der Waals surface area (Å²) in [4.78, 5) is 12.4. The monoisotopic (exact) mass is 284 g/mol. The first-order valence-electron chi connectivity index (χ1n) is 6.94. The van der Waals surface area contributed by atoms with Crippen LogP contribution in [0.4, 0.5) is 5.69 Å². The van der Waals surface area contributed by atoms with Crippen LogP contribution in [0.3, 0.4) is 0 Å². The topological polar surface area (TPSA) is 75.4 Å². The molecule has 0 bridgehead atoms. The van der Waals surface area contributed by atoms with Gasteiger partial charge in [-0.05, 0) is 23.6 Å². The molecule has 0 aliphatic carbocycles. The molecule has 0 aromatic heterocycles. The van der Waals surface area contributed by atoms with E-state index in [0.717, 1.165) is 5.56 Å². The Hall–Kier alpha value is -2.49. The second-order valence-electron chi connectivity index (χ2n) is 5.35. The van der Waals surface area contributed by atoms with Gasteiger partial charge in [-0.15, -0.1) is 0 Å². The maximum Gasteiger partial charge on any atom is 0.255 e. The Morgan fingerprint density at radius 3 is 2.38 bits per heavy atom. The molecule has 2 rings (SSSR count). The fraction of sp³-hybridized carbons (Fsp3) is 0.235. The van der Waals surface area contributed by atoms with Gasteiger partial charge in [-0.2, -0.15) is 0 Å². The molecule has 1 atom stereocenters. The van der Waals surface area contributed by atoms with Gasteiger partial charge in [0.1, 0.15) is 0 Å². The molecular formula is C17H20N2O2. The largest absolute Gasteiger partial charge is 0.505 e. The van der Waals surface area contributed by atoms with Crippen molar-refractivity contribution in [2.45, 2.75) is 19.9 Å². The Morgan fingerprint density at radius 2 is 1.76 bits per heavy atom. The van der Waals surface area contributed by atoms with Crippen molar-refractivity contribution in [1.29, 1.82) is 0 Å². The number of carbonyl (C=O) groups excluding carboxylic acids is 1. The Balaban J connectivity index is 2.25. The number of phenolic OH excluding ortho intramolecular Hbond substituents is 1. The van der Waals surface area contributed by atoms with Crippen LogP contribution in [-0.2, 0) is 0 Å². The summed E-state index contributed by atoms with van der Waals surface area (Å²) in [7, 11) is 0. The van der Waals surface area contributed by atoms with Crippen LogP contribution in [0, 0.1) is 5.92 Å². The fourth-order valence-corrected chi connectivity index (χ4v) is 2.26. The van der Waals surface area contributed by atoms with E-state index in [1.54, 1.807) is 18.2 Å². The number of aromatic hydroxyl groups is 1. The number of hydrogen-bond acceptors (Lipinski definition) is 3. The predicted molar refractivity (Wildman–Crippen MR) is 84.0 cm³/mol. The van der Waals surface area contributed by atoms with Crippen LogP contribution in [0.5, 0.6) is 5.75 Å². The number of hydrogen-bond donors (Lipinski definition) is 3. The van der Waals surface area contributed by atoms with Crippen LogP contribution in [0.15, 0.2) is 48.5 Å². The summed E-state index contributed by atoms with van der Waals surface area (Å²) in [6.07, 6.45) is 0. The maximum absolute atomic E-state index is 12.4. The molecule has 0 spiro atoms.